The van der Waals surface area contributed by atoms with Gasteiger partial charge in [-0.15, -0.1) is 0 Å². The van der Waals surface area contributed by atoms with Gasteiger partial charge in [0, 0.05) is 25.4 Å². The Morgan fingerprint density at radius 1 is 0.760 bits per heavy atom. The average Bonchev–Trinajstić information content (AvgIpc) is 2.58. The molecule has 0 saturated heterocycles. The highest BCUT2D eigenvalue weighted by Crippen LogP contribution is 2.23. The average molecular weight is 373 g/mol. The molecular formula is C18H32O6Si. The molecule has 0 heterocycles. The summed E-state index contributed by atoms with van der Waals surface area (Å²) in [5, 5.41) is 0. The van der Waals surface area contributed by atoms with Gasteiger partial charge in [0.25, 0.3) is 0 Å². The lowest BCUT2D eigenvalue weighted by atomic mass is 10.3. The number of ether oxygens (including phenoxy) is 2. The lowest BCUT2D eigenvalue weighted by molar-refractivity contribution is -0.139. The standard InChI is InChI=1S/C18H32O6Si/c1-15(2)17(19)23-11-7-9-13-25(21-5,22-6)14-10-8-12-24-18(20)16(3)4/h1,3,7-14H2,2,4-6H3. The van der Waals surface area contributed by atoms with E-state index in [0.29, 0.717) is 24.4 Å². The molecule has 0 spiro atoms. The maximum absolute atomic E-state index is 11.3. The Labute approximate surface area is 152 Å². The molecule has 6 nitrogen and oxygen atoms in total. The predicted molar refractivity (Wildman–Crippen MR) is 99.4 cm³/mol. The number of esters is 2. The van der Waals surface area contributed by atoms with Crippen LogP contribution in [-0.4, -0.2) is 47.9 Å². The normalized spacial score (nSPS) is 11.0. The molecule has 0 bridgehead atoms. The van der Waals surface area contributed by atoms with Crippen molar-refractivity contribution in [1.29, 1.82) is 0 Å². The summed E-state index contributed by atoms with van der Waals surface area (Å²) in [5.41, 5.74) is 0.815. The van der Waals surface area contributed by atoms with Crippen LogP contribution < -0.4 is 0 Å². The molecule has 144 valence electrons. The molecule has 0 radical (unpaired) electrons. The van der Waals surface area contributed by atoms with Gasteiger partial charge < -0.3 is 18.3 Å². The van der Waals surface area contributed by atoms with Crippen molar-refractivity contribution in [2.45, 2.75) is 51.6 Å². The largest absolute Gasteiger partial charge is 0.462 e. The van der Waals surface area contributed by atoms with Crippen LogP contribution in [0.25, 0.3) is 0 Å². The topological polar surface area (TPSA) is 71.1 Å². The molecule has 0 unspecified atom stereocenters. The molecule has 0 aliphatic carbocycles. The summed E-state index contributed by atoms with van der Waals surface area (Å²) in [5.74, 6) is -0.711. The van der Waals surface area contributed by atoms with E-state index in [1.807, 2.05) is 0 Å². The molecule has 0 saturated carbocycles. The first-order valence-corrected chi connectivity index (χ1v) is 10.8. The monoisotopic (exact) mass is 372 g/mol. The van der Waals surface area contributed by atoms with E-state index in [4.69, 9.17) is 18.3 Å². The molecule has 0 aromatic rings. The van der Waals surface area contributed by atoms with Gasteiger partial charge in [-0.3, -0.25) is 0 Å². The van der Waals surface area contributed by atoms with Crippen molar-refractivity contribution in [3.63, 3.8) is 0 Å². The van der Waals surface area contributed by atoms with Crippen LogP contribution in [0, 0.1) is 0 Å². The quantitative estimate of drug-likeness (QED) is 0.201. The van der Waals surface area contributed by atoms with Crippen molar-refractivity contribution in [2.24, 2.45) is 0 Å². The van der Waals surface area contributed by atoms with Crippen LogP contribution in [0.15, 0.2) is 24.3 Å². The number of unbranched alkanes of at least 4 members (excludes halogenated alkanes) is 2. The summed E-state index contributed by atoms with van der Waals surface area (Å²) >= 11 is 0. The van der Waals surface area contributed by atoms with E-state index in [0.717, 1.165) is 37.8 Å². The van der Waals surface area contributed by atoms with E-state index in [-0.39, 0.29) is 11.9 Å². The van der Waals surface area contributed by atoms with Crippen LogP contribution in [0.5, 0.6) is 0 Å². The molecule has 0 fully saturated rings. The van der Waals surface area contributed by atoms with Gasteiger partial charge in [-0.25, -0.2) is 9.59 Å². The zero-order valence-electron chi connectivity index (χ0n) is 16.0. The third-order valence-corrected chi connectivity index (χ3v) is 7.53. The number of hydrogen-bond acceptors (Lipinski definition) is 6. The number of carbonyl (C=O) groups excluding carboxylic acids is 2. The minimum atomic E-state index is -2.26. The molecule has 0 aromatic heterocycles. The molecule has 0 atom stereocenters. The lowest BCUT2D eigenvalue weighted by Gasteiger charge is -2.27. The zero-order chi connectivity index (χ0) is 19.3. The zero-order valence-corrected chi connectivity index (χ0v) is 17.0. The van der Waals surface area contributed by atoms with E-state index in [1.54, 1.807) is 28.1 Å². The van der Waals surface area contributed by atoms with E-state index in [2.05, 4.69) is 13.2 Å². The van der Waals surface area contributed by atoms with Crippen LogP contribution >= 0.6 is 0 Å². The van der Waals surface area contributed by atoms with Crippen molar-refractivity contribution in [3.05, 3.63) is 24.3 Å². The van der Waals surface area contributed by atoms with Crippen LogP contribution in [0.2, 0.25) is 12.1 Å². The second-order valence-electron chi connectivity index (χ2n) is 6.07. The lowest BCUT2D eigenvalue weighted by Crippen LogP contribution is -2.39. The fourth-order valence-electron chi connectivity index (χ4n) is 2.19. The summed E-state index contributed by atoms with van der Waals surface area (Å²) in [4.78, 5) is 22.6. The van der Waals surface area contributed by atoms with Crippen molar-refractivity contribution in [2.75, 3.05) is 27.4 Å². The number of rotatable bonds is 14. The Kier molecular flexibility index (Phi) is 12.1. The minimum Gasteiger partial charge on any atom is -0.462 e. The first-order valence-electron chi connectivity index (χ1n) is 8.53. The summed E-state index contributed by atoms with van der Waals surface area (Å²) < 4.78 is 21.5. The summed E-state index contributed by atoms with van der Waals surface area (Å²) in [6, 6.07) is 1.66. The van der Waals surface area contributed by atoms with Crippen molar-refractivity contribution < 1.29 is 27.9 Å². The molecule has 0 aliphatic heterocycles. The highest BCUT2D eigenvalue weighted by molar-refractivity contribution is 6.67. The fourth-order valence-corrected chi connectivity index (χ4v) is 5.00. The summed E-state index contributed by atoms with van der Waals surface area (Å²) in [6.45, 7) is 11.1. The van der Waals surface area contributed by atoms with E-state index < -0.39 is 8.56 Å². The highest BCUT2D eigenvalue weighted by atomic mass is 28.4. The summed E-state index contributed by atoms with van der Waals surface area (Å²) in [6.07, 6.45) is 3.25. The van der Waals surface area contributed by atoms with E-state index in [9.17, 15) is 9.59 Å². The molecule has 0 aromatic carbocycles. The van der Waals surface area contributed by atoms with Crippen LogP contribution in [0.3, 0.4) is 0 Å². The van der Waals surface area contributed by atoms with Crippen molar-refractivity contribution in [3.8, 4) is 0 Å². The van der Waals surface area contributed by atoms with Crippen LogP contribution in [0.1, 0.15) is 39.5 Å². The van der Waals surface area contributed by atoms with E-state index in [1.165, 1.54) is 0 Å². The predicted octanol–water partition coefficient (Wildman–Crippen LogP) is 3.52. The number of carbonyl (C=O) groups is 2. The maximum Gasteiger partial charge on any atom is 0.337 e. The van der Waals surface area contributed by atoms with Crippen molar-refractivity contribution >= 4 is 20.5 Å². The SMILES string of the molecule is C=C(C)C(=O)OCCCC[Si](CCCCOC(=O)C(=C)C)(OC)OC. The number of hydrogen-bond donors (Lipinski definition) is 0. The smallest absolute Gasteiger partial charge is 0.337 e. The van der Waals surface area contributed by atoms with Gasteiger partial charge in [-0.05, 0) is 51.6 Å². The second kappa shape index (κ2) is 12.9. The van der Waals surface area contributed by atoms with E-state index >= 15 is 0 Å². The van der Waals surface area contributed by atoms with Crippen molar-refractivity contribution in [1.82, 2.24) is 0 Å². The van der Waals surface area contributed by atoms with Crippen LogP contribution in [0.4, 0.5) is 0 Å². The minimum absolute atomic E-state index is 0.355. The van der Waals surface area contributed by atoms with Gasteiger partial charge >= 0.3 is 20.5 Å². The van der Waals surface area contributed by atoms with Gasteiger partial charge in [0.15, 0.2) is 0 Å². The van der Waals surface area contributed by atoms with Gasteiger partial charge in [-0.2, -0.15) is 0 Å². The third-order valence-electron chi connectivity index (χ3n) is 3.81. The Morgan fingerprint density at radius 2 is 1.12 bits per heavy atom. The Bertz CT molecular complexity index is 418. The third kappa shape index (κ3) is 10.2. The highest BCUT2D eigenvalue weighted by Gasteiger charge is 2.34. The van der Waals surface area contributed by atoms with Crippen LogP contribution in [-0.2, 0) is 27.9 Å². The molecule has 0 aliphatic rings. The maximum atomic E-state index is 11.3. The van der Waals surface area contributed by atoms with Gasteiger partial charge in [0.1, 0.15) is 0 Å². The molecule has 0 amide bonds. The van der Waals surface area contributed by atoms with Gasteiger partial charge in [-0.1, -0.05) is 13.2 Å². The molecule has 0 rings (SSSR count). The second-order valence-corrected chi connectivity index (χ2v) is 9.70. The molecular weight excluding hydrogens is 340 g/mol. The fraction of sp³-hybridized carbons (Fsp3) is 0.667. The van der Waals surface area contributed by atoms with Gasteiger partial charge in [0.05, 0.1) is 13.2 Å². The molecule has 0 N–H and O–H groups in total. The Morgan fingerprint density at radius 3 is 1.40 bits per heavy atom. The molecule has 25 heavy (non-hydrogen) atoms. The molecule has 7 heteroatoms. The first kappa shape index (κ1) is 23.6. The summed E-state index contributed by atoms with van der Waals surface area (Å²) in [7, 11) is 1.10. The first-order chi connectivity index (χ1) is 11.8. The Hall–Kier alpha value is -1.44. The Balaban J connectivity index is 4.06. The van der Waals surface area contributed by atoms with Gasteiger partial charge in [0.2, 0.25) is 0 Å².